The standard InChI is InChI=1S/C12H13NO3/c1-11(16)6-12(7-11,13-8-14)9-4-2-3-5-10(9)15/h2-5,15-16H,6-7H2,1H3. The van der Waals surface area contributed by atoms with Crippen LogP contribution in [-0.4, -0.2) is 21.9 Å². The topological polar surface area (TPSA) is 69.9 Å². The number of hydrogen-bond donors (Lipinski definition) is 2. The van der Waals surface area contributed by atoms with Crippen LogP contribution in [0.4, 0.5) is 0 Å². The molecule has 4 nitrogen and oxygen atoms in total. The van der Waals surface area contributed by atoms with Gasteiger partial charge in [-0.25, -0.2) is 4.79 Å². The average molecular weight is 219 g/mol. The van der Waals surface area contributed by atoms with Crippen molar-refractivity contribution in [2.45, 2.75) is 30.9 Å². The van der Waals surface area contributed by atoms with Crippen LogP contribution in [0.2, 0.25) is 0 Å². The van der Waals surface area contributed by atoms with Gasteiger partial charge in [-0.2, -0.15) is 4.99 Å². The molecular weight excluding hydrogens is 206 g/mol. The zero-order chi connectivity index (χ0) is 11.8. The number of hydrogen-bond acceptors (Lipinski definition) is 4. The van der Waals surface area contributed by atoms with E-state index in [0.717, 1.165) is 0 Å². The summed E-state index contributed by atoms with van der Waals surface area (Å²) in [6.45, 7) is 1.69. The third-order valence-electron chi connectivity index (χ3n) is 3.01. The van der Waals surface area contributed by atoms with Crippen LogP contribution >= 0.6 is 0 Å². The number of nitrogens with zero attached hydrogens (tertiary/aromatic N) is 1. The van der Waals surface area contributed by atoms with Gasteiger partial charge in [-0.1, -0.05) is 18.2 Å². The zero-order valence-corrected chi connectivity index (χ0v) is 8.97. The Balaban J connectivity index is 2.44. The Morgan fingerprint density at radius 3 is 2.50 bits per heavy atom. The second kappa shape index (κ2) is 3.44. The van der Waals surface area contributed by atoms with E-state index in [1.807, 2.05) is 0 Å². The Kier molecular flexibility index (Phi) is 2.34. The Bertz CT molecular complexity index is 453. The lowest BCUT2D eigenvalue weighted by molar-refractivity contribution is -0.0732. The number of aliphatic imine (C=N–C) groups is 1. The van der Waals surface area contributed by atoms with Crippen LogP contribution in [-0.2, 0) is 10.3 Å². The van der Waals surface area contributed by atoms with Gasteiger partial charge in [0.05, 0.1) is 5.60 Å². The maximum Gasteiger partial charge on any atom is 0.235 e. The van der Waals surface area contributed by atoms with E-state index >= 15 is 0 Å². The predicted molar refractivity (Wildman–Crippen MR) is 57.8 cm³/mol. The molecule has 0 saturated heterocycles. The summed E-state index contributed by atoms with van der Waals surface area (Å²) < 4.78 is 0. The van der Waals surface area contributed by atoms with E-state index in [1.165, 1.54) is 6.08 Å². The van der Waals surface area contributed by atoms with Crippen LogP contribution < -0.4 is 0 Å². The normalized spacial score (nSPS) is 32.6. The monoisotopic (exact) mass is 219 g/mol. The van der Waals surface area contributed by atoms with Crippen molar-refractivity contribution in [1.82, 2.24) is 0 Å². The summed E-state index contributed by atoms with van der Waals surface area (Å²) in [5, 5.41) is 19.5. The first-order chi connectivity index (χ1) is 7.49. The van der Waals surface area contributed by atoms with Crippen molar-refractivity contribution < 1.29 is 15.0 Å². The van der Waals surface area contributed by atoms with Gasteiger partial charge in [-0.3, -0.25) is 0 Å². The summed E-state index contributed by atoms with van der Waals surface area (Å²) in [7, 11) is 0. The van der Waals surface area contributed by atoms with Gasteiger partial charge in [0.15, 0.2) is 0 Å². The maximum absolute atomic E-state index is 10.5. The number of phenols is 1. The fraction of sp³-hybridized carbons (Fsp3) is 0.417. The molecule has 1 aliphatic rings. The molecule has 1 aliphatic carbocycles. The molecule has 0 bridgehead atoms. The van der Waals surface area contributed by atoms with E-state index in [0.29, 0.717) is 18.4 Å². The molecule has 2 rings (SSSR count). The summed E-state index contributed by atoms with van der Waals surface area (Å²) in [6.07, 6.45) is 2.18. The first-order valence-electron chi connectivity index (χ1n) is 5.09. The van der Waals surface area contributed by atoms with Crippen LogP contribution in [0.3, 0.4) is 0 Å². The van der Waals surface area contributed by atoms with Crippen molar-refractivity contribution in [3.05, 3.63) is 29.8 Å². The molecule has 0 atom stereocenters. The molecule has 0 spiro atoms. The van der Waals surface area contributed by atoms with E-state index in [2.05, 4.69) is 4.99 Å². The average Bonchev–Trinajstić information content (AvgIpc) is 2.15. The number of rotatable bonds is 2. The van der Waals surface area contributed by atoms with Gasteiger partial charge in [0, 0.05) is 18.4 Å². The van der Waals surface area contributed by atoms with Gasteiger partial charge in [-0.05, 0) is 13.0 Å². The third kappa shape index (κ3) is 1.62. The smallest absolute Gasteiger partial charge is 0.235 e. The second-order valence-electron chi connectivity index (χ2n) is 4.60. The van der Waals surface area contributed by atoms with Crippen molar-refractivity contribution >= 4 is 6.08 Å². The van der Waals surface area contributed by atoms with E-state index in [1.54, 1.807) is 31.2 Å². The number of aliphatic hydroxyl groups is 1. The van der Waals surface area contributed by atoms with Crippen LogP contribution in [0.15, 0.2) is 29.3 Å². The molecule has 0 aliphatic heterocycles. The lowest BCUT2D eigenvalue weighted by Crippen LogP contribution is -2.51. The summed E-state index contributed by atoms with van der Waals surface area (Å²) in [5.41, 5.74) is -1.07. The minimum atomic E-state index is -0.831. The van der Waals surface area contributed by atoms with E-state index < -0.39 is 11.1 Å². The molecule has 0 heterocycles. The Hall–Kier alpha value is -1.64. The van der Waals surface area contributed by atoms with Crippen molar-refractivity contribution in [1.29, 1.82) is 0 Å². The highest BCUT2D eigenvalue weighted by Gasteiger charge is 2.53. The summed E-state index contributed by atoms with van der Waals surface area (Å²) in [5.74, 6) is 0.0944. The number of para-hydroxylation sites is 1. The molecule has 1 saturated carbocycles. The van der Waals surface area contributed by atoms with Crippen molar-refractivity contribution in [2.75, 3.05) is 0 Å². The quantitative estimate of drug-likeness (QED) is 0.584. The molecule has 0 aromatic heterocycles. The Morgan fingerprint density at radius 1 is 1.38 bits per heavy atom. The van der Waals surface area contributed by atoms with E-state index in [9.17, 15) is 15.0 Å². The van der Waals surface area contributed by atoms with Crippen LogP contribution in [0.25, 0.3) is 0 Å². The van der Waals surface area contributed by atoms with Gasteiger partial charge in [0.1, 0.15) is 11.3 Å². The first kappa shape index (κ1) is 10.9. The molecule has 84 valence electrons. The van der Waals surface area contributed by atoms with Gasteiger partial charge < -0.3 is 10.2 Å². The largest absolute Gasteiger partial charge is 0.508 e. The molecule has 1 aromatic carbocycles. The highest BCUT2D eigenvalue weighted by atomic mass is 16.3. The Labute approximate surface area is 93.3 Å². The van der Waals surface area contributed by atoms with Crippen molar-refractivity contribution in [3.8, 4) is 5.75 Å². The number of isocyanates is 1. The third-order valence-corrected chi connectivity index (χ3v) is 3.01. The molecule has 1 aromatic rings. The first-order valence-corrected chi connectivity index (χ1v) is 5.09. The molecule has 0 amide bonds. The van der Waals surface area contributed by atoms with Crippen LogP contribution in [0.1, 0.15) is 25.3 Å². The van der Waals surface area contributed by atoms with Crippen molar-refractivity contribution in [3.63, 3.8) is 0 Å². The second-order valence-corrected chi connectivity index (χ2v) is 4.60. The SMILES string of the molecule is CC1(O)CC(N=C=O)(c2ccccc2O)C1. The fourth-order valence-electron chi connectivity index (χ4n) is 2.49. The minimum Gasteiger partial charge on any atom is -0.508 e. The maximum atomic E-state index is 10.5. The number of phenolic OH excluding ortho intramolecular Hbond substituents is 1. The Morgan fingerprint density at radius 2 is 2.00 bits per heavy atom. The molecule has 4 heteroatoms. The van der Waals surface area contributed by atoms with Crippen LogP contribution in [0.5, 0.6) is 5.75 Å². The van der Waals surface area contributed by atoms with Crippen molar-refractivity contribution in [2.24, 2.45) is 4.99 Å². The van der Waals surface area contributed by atoms with Gasteiger partial charge in [-0.15, -0.1) is 0 Å². The van der Waals surface area contributed by atoms with Gasteiger partial charge >= 0.3 is 0 Å². The lowest BCUT2D eigenvalue weighted by atomic mass is 9.63. The molecule has 2 N–H and O–H groups in total. The predicted octanol–water partition coefficient (Wildman–Crippen LogP) is 1.47. The molecule has 0 radical (unpaired) electrons. The molecular formula is C12H13NO3. The highest BCUT2D eigenvalue weighted by Crippen LogP contribution is 2.52. The number of benzene rings is 1. The zero-order valence-electron chi connectivity index (χ0n) is 8.97. The molecule has 1 fully saturated rings. The summed E-state index contributed by atoms with van der Waals surface area (Å²) in [6, 6.07) is 6.73. The molecule has 0 unspecified atom stereocenters. The lowest BCUT2D eigenvalue weighted by Gasteiger charge is -2.48. The summed E-state index contributed by atoms with van der Waals surface area (Å²) >= 11 is 0. The van der Waals surface area contributed by atoms with Gasteiger partial charge in [0.25, 0.3) is 0 Å². The van der Waals surface area contributed by atoms with Crippen LogP contribution in [0, 0.1) is 0 Å². The fourth-order valence-corrected chi connectivity index (χ4v) is 2.49. The number of carbonyl (C=O) groups excluding carboxylic acids is 1. The summed E-state index contributed by atoms with van der Waals surface area (Å²) in [4.78, 5) is 14.2. The number of aromatic hydroxyl groups is 1. The van der Waals surface area contributed by atoms with Gasteiger partial charge in [0.2, 0.25) is 6.08 Å². The van der Waals surface area contributed by atoms with E-state index in [4.69, 9.17) is 0 Å². The highest BCUT2D eigenvalue weighted by molar-refractivity contribution is 5.46. The minimum absolute atomic E-state index is 0.0944. The molecule has 16 heavy (non-hydrogen) atoms. The van der Waals surface area contributed by atoms with E-state index in [-0.39, 0.29) is 5.75 Å².